The molecule has 1 aromatic carbocycles. The summed E-state index contributed by atoms with van der Waals surface area (Å²) in [5.74, 6) is 0.653. The lowest BCUT2D eigenvalue weighted by Crippen LogP contribution is -2.13. The van der Waals surface area contributed by atoms with Crippen LogP contribution in [0.5, 0.6) is 0 Å². The van der Waals surface area contributed by atoms with Crippen molar-refractivity contribution in [3.05, 3.63) is 60.7 Å². The van der Waals surface area contributed by atoms with Gasteiger partial charge in [0, 0.05) is 30.1 Å². The summed E-state index contributed by atoms with van der Waals surface area (Å²) in [6.45, 7) is 4.01. The number of pyridine rings is 1. The molecule has 122 valence electrons. The van der Waals surface area contributed by atoms with Gasteiger partial charge in [-0.1, -0.05) is 12.1 Å². The Bertz CT molecular complexity index is 821. The molecule has 3 aromatic rings. The van der Waals surface area contributed by atoms with E-state index in [2.05, 4.69) is 25.6 Å². The van der Waals surface area contributed by atoms with Gasteiger partial charge in [-0.05, 0) is 38.1 Å². The zero-order valence-corrected chi connectivity index (χ0v) is 13.5. The molecule has 0 atom stereocenters. The van der Waals surface area contributed by atoms with Crippen molar-refractivity contribution in [2.75, 3.05) is 10.6 Å². The molecule has 6 heteroatoms. The van der Waals surface area contributed by atoms with Crippen LogP contribution in [0.3, 0.4) is 0 Å². The Kier molecular flexibility index (Phi) is 4.65. The van der Waals surface area contributed by atoms with Gasteiger partial charge in [0.15, 0.2) is 0 Å². The van der Waals surface area contributed by atoms with Crippen LogP contribution in [0.2, 0.25) is 0 Å². The second-order valence-corrected chi connectivity index (χ2v) is 5.61. The Morgan fingerprint density at radius 3 is 2.58 bits per heavy atom. The number of hydrogen-bond acceptors (Lipinski definition) is 5. The van der Waals surface area contributed by atoms with E-state index >= 15 is 0 Å². The first-order valence-corrected chi connectivity index (χ1v) is 7.69. The van der Waals surface area contributed by atoms with Crippen molar-refractivity contribution in [1.29, 1.82) is 0 Å². The Hall–Kier alpha value is -3.02. The molecule has 0 unspecified atom stereocenters. The van der Waals surface area contributed by atoms with Crippen LogP contribution in [0.15, 0.2) is 54.9 Å². The monoisotopic (exact) mass is 323 g/mol. The Morgan fingerprint density at radius 2 is 1.88 bits per heavy atom. The van der Waals surface area contributed by atoms with Crippen molar-refractivity contribution < 1.29 is 4.39 Å². The molecule has 2 heterocycles. The topological polar surface area (TPSA) is 62.7 Å². The molecule has 3 rings (SSSR count). The van der Waals surface area contributed by atoms with Crippen LogP contribution in [0.4, 0.5) is 21.8 Å². The number of benzene rings is 1. The number of rotatable bonds is 5. The summed E-state index contributed by atoms with van der Waals surface area (Å²) in [6.07, 6.45) is 3.44. The zero-order chi connectivity index (χ0) is 16.9. The van der Waals surface area contributed by atoms with Crippen LogP contribution in [0, 0.1) is 5.82 Å². The summed E-state index contributed by atoms with van der Waals surface area (Å²) in [6, 6.07) is 12.2. The lowest BCUT2D eigenvalue weighted by molar-refractivity contribution is 0.632. The molecule has 0 fully saturated rings. The number of para-hydroxylation sites is 1. The van der Waals surface area contributed by atoms with E-state index in [0.29, 0.717) is 23.1 Å². The second kappa shape index (κ2) is 7.04. The van der Waals surface area contributed by atoms with Gasteiger partial charge in [0.2, 0.25) is 5.95 Å². The molecular weight excluding hydrogens is 305 g/mol. The average molecular weight is 323 g/mol. The zero-order valence-electron chi connectivity index (χ0n) is 13.5. The third-order valence-corrected chi connectivity index (χ3v) is 3.24. The van der Waals surface area contributed by atoms with Crippen molar-refractivity contribution in [3.8, 4) is 11.3 Å². The maximum absolute atomic E-state index is 13.9. The number of nitrogens with one attached hydrogen (secondary N) is 2. The number of anilines is 3. The third kappa shape index (κ3) is 3.84. The highest BCUT2D eigenvalue weighted by molar-refractivity contribution is 5.67. The summed E-state index contributed by atoms with van der Waals surface area (Å²) in [7, 11) is 0. The summed E-state index contributed by atoms with van der Waals surface area (Å²) >= 11 is 0. The van der Waals surface area contributed by atoms with Crippen LogP contribution in [-0.4, -0.2) is 21.0 Å². The fourth-order valence-corrected chi connectivity index (χ4v) is 2.20. The third-order valence-electron chi connectivity index (χ3n) is 3.24. The number of halogens is 1. The Morgan fingerprint density at radius 1 is 1.04 bits per heavy atom. The van der Waals surface area contributed by atoms with Gasteiger partial charge in [-0.15, -0.1) is 0 Å². The second-order valence-electron chi connectivity index (χ2n) is 5.61. The molecule has 0 aliphatic carbocycles. The van der Waals surface area contributed by atoms with Gasteiger partial charge >= 0.3 is 0 Å². The van der Waals surface area contributed by atoms with Crippen molar-refractivity contribution in [2.24, 2.45) is 0 Å². The predicted molar refractivity (Wildman–Crippen MR) is 93.7 cm³/mol. The van der Waals surface area contributed by atoms with Crippen molar-refractivity contribution in [1.82, 2.24) is 15.0 Å². The molecule has 0 aliphatic heterocycles. The summed E-state index contributed by atoms with van der Waals surface area (Å²) in [5, 5.41) is 6.19. The molecule has 0 saturated carbocycles. The largest absolute Gasteiger partial charge is 0.352 e. The van der Waals surface area contributed by atoms with Crippen LogP contribution in [-0.2, 0) is 0 Å². The van der Waals surface area contributed by atoms with Crippen LogP contribution in [0.25, 0.3) is 11.3 Å². The molecule has 24 heavy (non-hydrogen) atoms. The molecule has 0 aliphatic rings. The van der Waals surface area contributed by atoms with Gasteiger partial charge in [0.05, 0.1) is 11.4 Å². The summed E-state index contributed by atoms with van der Waals surface area (Å²) < 4.78 is 13.9. The molecule has 0 radical (unpaired) electrons. The van der Waals surface area contributed by atoms with Crippen molar-refractivity contribution in [2.45, 2.75) is 19.9 Å². The van der Waals surface area contributed by atoms with E-state index in [9.17, 15) is 4.39 Å². The number of nitrogens with zero attached hydrogens (tertiary/aromatic N) is 3. The first kappa shape index (κ1) is 15.9. The van der Waals surface area contributed by atoms with Gasteiger partial charge in [0.1, 0.15) is 11.6 Å². The Balaban J connectivity index is 2.00. The minimum atomic E-state index is -0.336. The summed E-state index contributed by atoms with van der Waals surface area (Å²) in [5.41, 5.74) is 1.94. The van der Waals surface area contributed by atoms with E-state index in [1.807, 2.05) is 26.0 Å². The maximum Gasteiger partial charge on any atom is 0.225 e. The van der Waals surface area contributed by atoms with Gasteiger partial charge in [-0.3, -0.25) is 4.98 Å². The van der Waals surface area contributed by atoms with Gasteiger partial charge in [0.25, 0.3) is 0 Å². The molecule has 2 aromatic heterocycles. The smallest absolute Gasteiger partial charge is 0.225 e. The van der Waals surface area contributed by atoms with E-state index in [1.54, 1.807) is 36.7 Å². The molecule has 0 spiro atoms. The minimum Gasteiger partial charge on any atom is -0.352 e. The predicted octanol–water partition coefficient (Wildman–Crippen LogP) is 4.24. The standard InChI is InChI=1S/C18H18FN5/c1-12(2)21-18-23-16(13-6-5-9-20-11-13)10-17(24-18)22-15-8-4-3-7-14(15)19/h3-12H,1-2H3,(H2,21,22,23,24). The molecule has 0 bridgehead atoms. The highest BCUT2D eigenvalue weighted by Gasteiger charge is 2.09. The van der Waals surface area contributed by atoms with E-state index in [4.69, 9.17) is 0 Å². The highest BCUT2D eigenvalue weighted by Crippen LogP contribution is 2.24. The van der Waals surface area contributed by atoms with E-state index in [-0.39, 0.29) is 11.9 Å². The first-order valence-electron chi connectivity index (χ1n) is 7.69. The average Bonchev–Trinajstić information content (AvgIpc) is 2.57. The fraction of sp³-hybridized carbons (Fsp3) is 0.167. The molecule has 0 amide bonds. The van der Waals surface area contributed by atoms with Crippen LogP contribution in [0.1, 0.15) is 13.8 Å². The fourth-order valence-electron chi connectivity index (χ4n) is 2.20. The lowest BCUT2D eigenvalue weighted by Gasteiger charge is -2.13. The SMILES string of the molecule is CC(C)Nc1nc(Nc2ccccc2F)cc(-c2cccnc2)n1. The van der Waals surface area contributed by atoms with Gasteiger partial charge < -0.3 is 10.6 Å². The quantitative estimate of drug-likeness (QED) is 0.735. The molecule has 0 saturated heterocycles. The highest BCUT2D eigenvalue weighted by atomic mass is 19.1. The molecule has 2 N–H and O–H groups in total. The van der Waals surface area contributed by atoms with Gasteiger partial charge in [-0.25, -0.2) is 9.37 Å². The minimum absolute atomic E-state index is 0.176. The van der Waals surface area contributed by atoms with Gasteiger partial charge in [-0.2, -0.15) is 4.98 Å². The van der Waals surface area contributed by atoms with E-state index in [1.165, 1.54) is 6.07 Å². The van der Waals surface area contributed by atoms with E-state index < -0.39 is 0 Å². The maximum atomic E-state index is 13.9. The van der Waals surface area contributed by atoms with Crippen molar-refractivity contribution >= 4 is 17.5 Å². The molecule has 5 nitrogen and oxygen atoms in total. The van der Waals surface area contributed by atoms with E-state index in [0.717, 1.165) is 5.56 Å². The first-order chi connectivity index (χ1) is 11.6. The van der Waals surface area contributed by atoms with Crippen molar-refractivity contribution in [3.63, 3.8) is 0 Å². The Labute approximate surface area is 140 Å². The molecular formula is C18H18FN5. The number of aromatic nitrogens is 3. The van der Waals surface area contributed by atoms with Crippen LogP contribution >= 0.6 is 0 Å². The lowest BCUT2D eigenvalue weighted by atomic mass is 10.2. The van der Waals surface area contributed by atoms with Crippen LogP contribution < -0.4 is 10.6 Å². The summed E-state index contributed by atoms with van der Waals surface area (Å²) in [4.78, 5) is 13.0. The normalized spacial score (nSPS) is 10.7. The number of hydrogen-bond donors (Lipinski definition) is 2.